The molecule has 0 saturated heterocycles. The van der Waals surface area contributed by atoms with E-state index in [1.54, 1.807) is 0 Å². The van der Waals surface area contributed by atoms with Crippen LogP contribution in [0.5, 0.6) is 0 Å². The van der Waals surface area contributed by atoms with Crippen LogP contribution in [0.3, 0.4) is 0 Å². The molecule has 14 heavy (non-hydrogen) atoms. The smallest absolute Gasteiger partial charge is 0.155 e. The summed E-state index contributed by atoms with van der Waals surface area (Å²) >= 11 is 0. The summed E-state index contributed by atoms with van der Waals surface area (Å²) in [7, 11) is 0. The van der Waals surface area contributed by atoms with Crippen LogP contribution in [0.15, 0.2) is 18.2 Å². The van der Waals surface area contributed by atoms with E-state index in [9.17, 15) is 0 Å². The summed E-state index contributed by atoms with van der Waals surface area (Å²) in [6.45, 7) is 0.505. The molecule has 0 bridgehead atoms. The highest BCUT2D eigenvalue weighted by molar-refractivity contribution is 5.39. The van der Waals surface area contributed by atoms with Gasteiger partial charge in [-0.05, 0) is 25.0 Å². The number of fused-ring (bicyclic) bond motifs is 1. The van der Waals surface area contributed by atoms with E-state index in [1.165, 1.54) is 12.8 Å². The maximum Gasteiger partial charge on any atom is 0.155 e. The van der Waals surface area contributed by atoms with E-state index < -0.39 is 0 Å². The summed E-state index contributed by atoms with van der Waals surface area (Å²) in [5.41, 5.74) is 7.56. The average Bonchev–Trinajstić information content (AvgIpc) is 2.97. The van der Waals surface area contributed by atoms with Crippen molar-refractivity contribution in [1.29, 1.82) is 0 Å². The minimum atomic E-state index is 0.505. The molecule has 0 amide bonds. The minimum absolute atomic E-state index is 0.505. The van der Waals surface area contributed by atoms with Gasteiger partial charge in [-0.3, -0.25) is 0 Å². The van der Waals surface area contributed by atoms with Crippen molar-refractivity contribution in [2.45, 2.75) is 25.3 Å². The number of rotatable bonds is 2. The van der Waals surface area contributed by atoms with Crippen LogP contribution < -0.4 is 5.73 Å². The van der Waals surface area contributed by atoms with Crippen LogP contribution in [0.2, 0.25) is 0 Å². The lowest BCUT2D eigenvalue weighted by molar-refractivity contribution is 0.816. The number of hydrogen-bond donors (Lipinski definition) is 1. The molecule has 0 spiro atoms. The minimum Gasteiger partial charge on any atom is -0.325 e. The molecule has 2 heterocycles. The van der Waals surface area contributed by atoms with Gasteiger partial charge in [0.2, 0.25) is 0 Å². The first kappa shape index (κ1) is 7.94. The molecule has 2 aromatic rings. The fraction of sp³-hybridized carbons (Fsp3) is 0.400. The molecule has 3 rings (SSSR count). The Morgan fingerprint density at radius 3 is 3.00 bits per heavy atom. The van der Waals surface area contributed by atoms with Crippen LogP contribution in [0.1, 0.15) is 30.3 Å². The summed E-state index contributed by atoms with van der Waals surface area (Å²) < 4.78 is 1.85. The molecular weight excluding hydrogens is 176 g/mol. The fourth-order valence-corrected chi connectivity index (χ4v) is 1.64. The summed E-state index contributed by atoms with van der Waals surface area (Å²) in [6.07, 6.45) is 2.46. The summed E-state index contributed by atoms with van der Waals surface area (Å²) in [5.74, 6) is 1.58. The molecule has 0 atom stereocenters. The van der Waals surface area contributed by atoms with Gasteiger partial charge in [0.1, 0.15) is 0 Å². The van der Waals surface area contributed by atoms with Crippen molar-refractivity contribution in [1.82, 2.24) is 14.6 Å². The van der Waals surface area contributed by atoms with Crippen LogP contribution in [0, 0.1) is 0 Å². The quantitative estimate of drug-likeness (QED) is 0.766. The lowest BCUT2D eigenvalue weighted by atomic mass is 10.3. The third kappa shape index (κ3) is 1.11. The van der Waals surface area contributed by atoms with E-state index in [0.717, 1.165) is 17.2 Å². The summed E-state index contributed by atoms with van der Waals surface area (Å²) in [6, 6.07) is 5.93. The van der Waals surface area contributed by atoms with E-state index >= 15 is 0 Å². The normalized spacial score (nSPS) is 16.4. The van der Waals surface area contributed by atoms with Crippen molar-refractivity contribution in [2.24, 2.45) is 5.73 Å². The van der Waals surface area contributed by atoms with Gasteiger partial charge in [-0.1, -0.05) is 6.07 Å². The van der Waals surface area contributed by atoms with Gasteiger partial charge >= 0.3 is 0 Å². The molecular formula is C10H12N4. The zero-order valence-electron chi connectivity index (χ0n) is 7.85. The fourth-order valence-electron chi connectivity index (χ4n) is 1.64. The zero-order valence-corrected chi connectivity index (χ0v) is 7.85. The average molecular weight is 188 g/mol. The third-order valence-corrected chi connectivity index (χ3v) is 2.61. The Kier molecular flexibility index (Phi) is 1.58. The first-order chi connectivity index (χ1) is 6.88. The Morgan fingerprint density at radius 1 is 1.43 bits per heavy atom. The van der Waals surface area contributed by atoms with Crippen LogP contribution in [0.25, 0.3) is 5.65 Å². The Hall–Kier alpha value is -1.42. The number of nitrogens with two attached hydrogens (primary N) is 1. The topological polar surface area (TPSA) is 56.2 Å². The third-order valence-electron chi connectivity index (χ3n) is 2.61. The molecule has 72 valence electrons. The molecule has 1 saturated carbocycles. The Balaban J connectivity index is 2.20. The van der Waals surface area contributed by atoms with E-state index in [4.69, 9.17) is 5.73 Å². The summed E-state index contributed by atoms with van der Waals surface area (Å²) in [4.78, 5) is 4.48. The van der Waals surface area contributed by atoms with Gasteiger partial charge in [-0.15, -0.1) is 0 Å². The van der Waals surface area contributed by atoms with E-state index in [1.807, 2.05) is 22.7 Å². The van der Waals surface area contributed by atoms with Crippen molar-refractivity contribution >= 4 is 5.65 Å². The molecule has 0 aromatic carbocycles. The van der Waals surface area contributed by atoms with Crippen LogP contribution in [0.4, 0.5) is 0 Å². The van der Waals surface area contributed by atoms with Gasteiger partial charge in [0, 0.05) is 12.5 Å². The molecule has 0 aliphatic heterocycles. The summed E-state index contributed by atoms with van der Waals surface area (Å²) in [5, 5.41) is 4.47. The molecule has 1 fully saturated rings. The number of nitrogens with zero attached hydrogens (tertiary/aromatic N) is 3. The highest BCUT2D eigenvalue weighted by Crippen LogP contribution is 2.38. The predicted molar refractivity (Wildman–Crippen MR) is 52.9 cm³/mol. The van der Waals surface area contributed by atoms with Gasteiger partial charge in [-0.2, -0.15) is 5.10 Å². The molecule has 1 aliphatic carbocycles. The number of hydrogen-bond acceptors (Lipinski definition) is 3. The molecule has 0 radical (unpaired) electrons. The number of pyridine rings is 1. The second kappa shape index (κ2) is 2.78. The van der Waals surface area contributed by atoms with Crippen molar-refractivity contribution < 1.29 is 0 Å². The monoisotopic (exact) mass is 188 g/mol. The maximum atomic E-state index is 5.63. The number of aromatic nitrogens is 3. The van der Waals surface area contributed by atoms with Gasteiger partial charge in [0.25, 0.3) is 0 Å². The molecule has 4 nitrogen and oxygen atoms in total. The van der Waals surface area contributed by atoms with Crippen LogP contribution in [-0.2, 0) is 6.54 Å². The molecule has 4 heteroatoms. The highest BCUT2D eigenvalue weighted by Gasteiger charge is 2.28. The van der Waals surface area contributed by atoms with E-state index in [2.05, 4.69) is 10.1 Å². The second-order valence-corrected chi connectivity index (χ2v) is 3.74. The van der Waals surface area contributed by atoms with Gasteiger partial charge in [0.05, 0.1) is 5.69 Å². The highest BCUT2D eigenvalue weighted by atomic mass is 15.3. The zero-order chi connectivity index (χ0) is 9.54. The van der Waals surface area contributed by atoms with Crippen molar-refractivity contribution in [3.63, 3.8) is 0 Å². The molecule has 2 N–H and O–H groups in total. The van der Waals surface area contributed by atoms with Gasteiger partial charge < -0.3 is 5.73 Å². The molecule has 0 unspecified atom stereocenters. The first-order valence-corrected chi connectivity index (χ1v) is 4.93. The first-order valence-electron chi connectivity index (χ1n) is 4.93. The lowest BCUT2D eigenvalue weighted by Crippen LogP contribution is -2.04. The standard InChI is InChI=1S/C10H12N4/c11-6-8-2-1-3-9-12-10(7-4-5-7)13-14(8)9/h1-3,7H,4-6,11H2. The van der Waals surface area contributed by atoms with Crippen molar-refractivity contribution in [3.05, 3.63) is 29.7 Å². The van der Waals surface area contributed by atoms with E-state index in [-0.39, 0.29) is 0 Å². The predicted octanol–water partition coefficient (Wildman–Crippen LogP) is 1.07. The van der Waals surface area contributed by atoms with E-state index in [0.29, 0.717) is 12.5 Å². The Morgan fingerprint density at radius 2 is 2.29 bits per heavy atom. The largest absolute Gasteiger partial charge is 0.325 e. The molecule has 1 aliphatic rings. The van der Waals surface area contributed by atoms with Gasteiger partial charge in [-0.25, -0.2) is 9.50 Å². The Bertz CT molecular complexity index is 470. The van der Waals surface area contributed by atoms with Gasteiger partial charge in [0.15, 0.2) is 11.5 Å². The Labute approximate surface area is 81.8 Å². The van der Waals surface area contributed by atoms with Crippen molar-refractivity contribution in [3.8, 4) is 0 Å². The maximum absolute atomic E-state index is 5.63. The molecule has 2 aromatic heterocycles. The van der Waals surface area contributed by atoms with Crippen LogP contribution in [-0.4, -0.2) is 14.6 Å². The van der Waals surface area contributed by atoms with Crippen LogP contribution >= 0.6 is 0 Å². The van der Waals surface area contributed by atoms with Crippen molar-refractivity contribution in [2.75, 3.05) is 0 Å². The lowest BCUT2D eigenvalue weighted by Gasteiger charge is -1.98. The SMILES string of the molecule is NCc1cccc2nc(C3CC3)nn12. The second-order valence-electron chi connectivity index (χ2n) is 3.74.